The third-order valence-corrected chi connectivity index (χ3v) is 4.18. The van der Waals surface area contributed by atoms with Crippen molar-refractivity contribution in [2.75, 3.05) is 17.2 Å². The fourth-order valence-electron chi connectivity index (χ4n) is 2.20. The number of carbonyl (C=O) groups excluding carboxylic acids is 1. The summed E-state index contributed by atoms with van der Waals surface area (Å²) in [7, 11) is -4.61. The lowest BCUT2D eigenvalue weighted by molar-refractivity contribution is -0.117. The third-order valence-electron chi connectivity index (χ3n) is 3.01. The Bertz CT molecular complexity index is 699. The summed E-state index contributed by atoms with van der Waals surface area (Å²) >= 11 is 6.00. The quantitative estimate of drug-likeness (QED) is 0.797. The standard InChI is InChI=1S/C12H10ClFN2O3S/c13-10-3-8(5-15)1-2-11(10)16-6-9(4-12(16)17)7-20(14,18)19/h1-3,9H,4,6-7H2. The van der Waals surface area contributed by atoms with Crippen molar-refractivity contribution >= 4 is 33.4 Å². The minimum Gasteiger partial charge on any atom is -0.311 e. The van der Waals surface area contributed by atoms with Crippen LogP contribution in [0.3, 0.4) is 0 Å². The average Bonchev–Trinajstić information content (AvgIpc) is 2.67. The maximum absolute atomic E-state index is 12.7. The number of hydrogen-bond acceptors (Lipinski definition) is 4. The van der Waals surface area contributed by atoms with Gasteiger partial charge in [-0.05, 0) is 18.2 Å². The highest BCUT2D eigenvalue weighted by Crippen LogP contribution is 2.32. The summed E-state index contributed by atoms with van der Waals surface area (Å²) in [6.07, 6.45) is -0.0422. The second-order valence-electron chi connectivity index (χ2n) is 4.56. The average molecular weight is 317 g/mol. The van der Waals surface area contributed by atoms with E-state index in [0.29, 0.717) is 11.3 Å². The van der Waals surface area contributed by atoms with Crippen LogP contribution in [0.5, 0.6) is 0 Å². The van der Waals surface area contributed by atoms with E-state index in [0.717, 1.165) is 0 Å². The van der Waals surface area contributed by atoms with Crippen LogP contribution in [0.25, 0.3) is 0 Å². The zero-order chi connectivity index (χ0) is 14.9. The van der Waals surface area contributed by atoms with Crippen molar-refractivity contribution in [3.63, 3.8) is 0 Å². The zero-order valence-electron chi connectivity index (χ0n) is 10.2. The van der Waals surface area contributed by atoms with Gasteiger partial charge in [-0.3, -0.25) is 4.79 Å². The van der Waals surface area contributed by atoms with Gasteiger partial charge in [0.15, 0.2) is 0 Å². The largest absolute Gasteiger partial charge is 0.311 e. The smallest absolute Gasteiger partial charge is 0.302 e. The van der Waals surface area contributed by atoms with Crippen LogP contribution in [-0.2, 0) is 15.0 Å². The molecule has 1 heterocycles. The van der Waals surface area contributed by atoms with Gasteiger partial charge < -0.3 is 4.90 Å². The van der Waals surface area contributed by atoms with Crippen LogP contribution in [0.2, 0.25) is 5.02 Å². The lowest BCUT2D eigenvalue weighted by Crippen LogP contribution is -2.25. The predicted octanol–water partition coefficient (Wildman–Crippen LogP) is 1.86. The van der Waals surface area contributed by atoms with Crippen molar-refractivity contribution in [2.24, 2.45) is 5.92 Å². The topological polar surface area (TPSA) is 78.2 Å². The van der Waals surface area contributed by atoms with Gasteiger partial charge in [0.2, 0.25) is 5.91 Å². The molecule has 0 saturated carbocycles. The molecular formula is C12H10ClFN2O3S. The highest BCUT2D eigenvalue weighted by molar-refractivity contribution is 7.86. The lowest BCUT2D eigenvalue weighted by atomic mass is 10.1. The van der Waals surface area contributed by atoms with Crippen LogP contribution in [0.15, 0.2) is 18.2 Å². The van der Waals surface area contributed by atoms with Crippen LogP contribution in [0.1, 0.15) is 12.0 Å². The Morgan fingerprint density at radius 3 is 2.75 bits per heavy atom. The first-order valence-corrected chi connectivity index (χ1v) is 7.65. The van der Waals surface area contributed by atoms with E-state index >= 15 is 0 Å². The number of halogens is 2. The second-order valence-corrected chi connectivity index (χ2v) is 6.38. The maximum atomic E-state index is 12.7. The van der Waals surface area contributed by atoms with E-state index in [1.165, 1.54) is 23.1 Å². The zero-order valence-corrected chi connectivity index (χ0v) is 11.8. The summed E-state index contributed by atoms with van der Waals surface area (Å²) in [4.78, 5) is 13.2. The summed E-state index contributed by atoms with van der Waals surface area (Å²) in [5, 5.41) is 8.97. The van der Waals surface area contributed by atoms with Crippen LogP contribution >= 0.6 is 11.6 Å². The minimum atomic E-state index is -4.61. The Morgan fingerprint density at radius 1 is 1.50 bits per heavy atom. The Labute approximate surface area is 120 Å². The molecule has 8 heteroatoms. The molecule has 1 atom stereocenters. The van der Waals surface area contributed by atoms with Crippen LogP contribution in [0.4, 0.5) is 9.57 Å². The van der Waals surface area contributed by atoms with Crippen molar-refractivity contribution in [3.8, 4) is 6.07 Å². The van der Waals surface area contributed by atoms with Crippen molar-refractivity contribution < 1.29 is 17.1 Å². The predicted molar refractivity (Wildman–Crippen MR) is 71.5 cm³/mol. The molecule has 0 radical (unpaired) electrons. The highest BCUT2D eigenvalue weighted by Gasteiger charge is 2.34. The van der Waals surface area contributed by atoms with Crippen molar-refractivity contribution in [1.29, 1.82) is 5.26 Å². The van der Waals surface area contributed by atoms with Crippen molar-refractivity contribution in [1.82, 2.24) is 0 Å². The van der Waals surface area contributed by atoms with E-state index in [-0.39, 0.29) is 23.9 Å². The van der Waals surface area contributed by atoms with Gasteiger partial charge in [0.1, 0.15) is 0 Å². The van der Waals surface area contributed by atoms with E-state index in [4.69, 9.17) is 16.9 Å². The van der Waals surface area contributed by atoms with Gasteiger partial charge in [0.05, 0.1) is 28.1 Å². The third kappa shape index (κ3) is 3.26. The van der Waals surface area contributed by atoms with Crippen molar-refractivity contribution in [3.05, 3.63) is 28.8 Å². The molecule has 1 aliphatic rings. The summed E-state index contributed by atoms with van der Waals surface area (Å²) in [5.74, 6) is -1.59. The number of anilines is 1. The fraction of sp³-hybridized carbons (Fsp3) is 0.333. The van der Waals surface area contributed by atoms with Crippen LogP contribution < -0.4 is 4.90 Å². The van der Waals surface area contributed by atoms with E-state index in [1.54, 1.807) is 0 Å². The molecule has 1 aromatic rings. The molecule has 1 amide bonds. The van der Waals surface area contributed by atoms with E-state index in [2.05, 4.69) is 0 Å². The SMILES string of the molecule is N#Cc1ccc(N2CC(CS(=O)(=O)F)CC2=O)c(Cl)c1. The van der Waals surface area contributed by atoms with Gasteiger partial charge in [0, 0.05) is 18.9 Å². The molecule has 2 rings (SSSR count). The summed E-state index contributed by atoms with van der Waals surface area (Å²) in [5.41, 5.74) is 0.753. The van der Waals surface area contributed by atoms with E-state index < -0.39 is 21.9 Å². The van der Waals surface area contributed by atoms with Gasteiger partial charge in [-0.25, -0.2) is 0 Å². The van der Waals surface area contributed by atoms with E-state index in [9.17, 15) is 17.1 Å². The number of nitrogens with zero attached hydrogens (tertiary/aromatic N) is 2. The fourth-order valence-corrected chi connectivity index (χ4v) is 3.27. The Balaban J connectivity index is 2.22. The van der Waals surface area contributed by atoms with E-state index in [1.807, 2.05) is 6.07 Å². The summed E-state index contributed by atoms with van der Waals surface area (Å²) in [6, 6.07) is 6.37. The first-order chi connectivity index (χ1) is 9.30. The molecule has 0 N–H and O–H groups in total. The molecule has 106 valence electrons. The number of hydrogen-bond donors (Lipinski definition) is 0. The van der Waals surface area contributed by atoms with Gasteiger partial charge in [-0.15, -0.1) is 3.89 Å². The van der Waals surface area contributed by atoms with Crippen molar-refractivity contribution in [2.45, 2.75) is 6.42 Å². The summed E-state index contributed by atoms with van der Waals surface area (Å²) in [6.45, 7) is 0.0909. The molecular weight excluding hydrogens is 307 g/mol. The number of rotatable bonds is 3. The van der Waals surface area contributed by atoms with Crippen LogP contribution in [0, 0.1) is 17.2 Å². The highest BCUT2D eigenvalue weighted by atomic mass is 35.5. The van der Waals surface area contributed by atoms with Gasteiger partial charge >= 0.3 is 10.2 Å². The van der Waals surface area contributed by atoms with Gasteiger partial charge in [0.25, 0.3) is 0 Å². The Morgan fingerprint density at radius 2 is 2.20 bits per heavy atom. The first-order valence-electron chi connectivity index (χ1n) is 5.72. The number of amides is 1. The molecule has 20 heavy (non-hydrogen) atoms. The van der Waals surface area contributed by atoms with Gasteiger partial charge in [-0.1, -0.05) is 11.6 Å². The number of nitriles is 1. The minimum absolute atomic E-state index is 0.0422. The summed E-state index contributed by atoms with van der Waals surface area (Å²) < 4.78 is 33.9. The molecule has 1 fully saturated rings. The molecule has 0 bridgehead atoms. The van der Waals surface area contributed by atoms with Gasteiger partial charge in [-0.2, -0.15) is 13.7 Å². The second kappa shape index (κ2) is 5.38. The molecule has 0 aromatic heterocycles. The Hall–Kier alpha value is -1.65. The Kier molecular flexibility index (Phi) is 3.97. The maximum Gasteiger partial charge on any atom is 0.302 e. The normalized spacial score (nSPS) is 19.1. The molecule has 5 nitrogen and oxygen atoms in total. The molecule has 1 saturated heterocycles. The molecule has 1 aromatic carbocycles. The number of carbonyl (C=O) groups is 1. The van der Waals surface area contributed by atoms with Crippen LogP contribution in [-0.4, -0.2) is 26.6 Å². The first kappa shape index (κ1) is 14.8. The lowest BCUT2D eigenvalue weighted by Gasteiger charge is -2.18. The molecule has 0 aliphatic carbocycles. The molecule has 1 aliphatic heterocycles. The monoisotopic (exact) mass is 316 g/mol. The molecule has 0 spiro atoms. The molecule has 1 unspecified atom stereocenters. The number of benzene rings is 1.